The summed E-state index contributed by atoms with van der Waals surface area (Å²) in [4.78, 5) is 0. The Morgan fingerprint density at radius 3 is 0.750 bits per heavy atom. The number of hydrogen-bond donors (Lipinski definition) is 0. The van der Waals surface area contributed by atoms with Crippen LogP contribution in [0.3, 0.4) is 0 Å². The van der Waals surface area contributed by atoms with E-state index in [1.165, 1.54) is 38.5 Å². The molecule has 0 heterocycles. The first-order chi connectivity index (χ1) is 4.83. The maximum atomic E-state index is 2.21. The average molecular weight is 179 g/mol. The van der Waals surface area contributed by atoms with E-state index in [-0.39, 0.29) is 39.7 Å². The molecule has 0 aromatic carbocycles. The summed E-state index contributed by atoms with van der Waals surface area (Å²) in [6, 6.07) is 0. The van der Waals surface area contributed by atoms with Gasteiger partial charge in [0.1, 0.15) is 0 Å². The van der Waals surface area contributed by atoms with Crippen LogP contribution in [0.25, 0.3) is 0 Å². The zero-order valence-electron chi connectivity index (χ0n) is 8.24. The fourth-order valence-corrected chi connectivity index (χ4v) is 0.707. The molecule has 0 saturated carbocycles. The van der Waals surface area contributed by atoms with Crippen LogP contribution in [0, 0.1) is 0 Å². The van der Waals surface area contributed by atoms with Crippen molar-refractivity contribution in [3.05, 3.63) is 0 Å². The summed E-state index contributed by atoms with van der Waals surface area (Å²) < 4.78 is 0. The number of unbranched alkanes of at least 4 members (excludes halogenated alkanes) is 4. The summed E-state index contributed by atoms with van der Waals surface area (Å²) in [6.07, 6.45) is 8.15. The molecule has 0 radical (unpaired) electrons. The van der Waals surface area contributed by atoms with Crippen LogP contribution in [-0.2, 0) is 0 Å². The molecule has 0 aliphatic carbocycles. The van der Waals surface area contributed by atoms with Gasteiger partial charge in [-0.15, -0.1) is 0 Å². The predicted molar refractivity (Wildman–Crippen MR) is 66.1 cm³/mol. The van der Waals surface area contributed by atoms with E-state index in [0.717, 1.165) is 0 Å². The van der Waals surface area contributed by atoms with Gasteiger partial charge >= 0.3 is 39.7 Å². The molecule has 0 saturated heterocycles. The molecule has 0 spiro atoms. The summed E-state index contributed by atoms with van der Waals surface area (Å²) in [5, 5.41) is 0. The Hall–Kier alpha value is 1.17. The normalized spacial score (nSPS) is 7.00. The summed E-state index contributed by atoms with van der Waals surface area (Å²) in [5.41, 5.74) is 0. The maximum absolute atomic E-state index is 2.21. The molecule has 0 unspecified atom stereocenters. The van der Waals surface area contributed by atoms with Gasteiger partial charge in [-0.25, -0.2) is 0 Å². The molecule has 2 heteroatoms. The number of hydrogen-bond acceptors (Lipinski definition) is 0. The van der Waals surface area contributed by atoms with Crippen molar-refractivity contribution in [1.29, 1.82) is 0 Å². The van der Waals surface area contributed by atoms with E-state index in [9.17, 15) is 0 Å². The predicted octanol–water partition coefficient (Wildman–Crippen LogP) is 2.83. The average Bonchev–Trinajstić information content (AvgIpc) is 1.93. The van der Waals surface area contributed by atoms with E-state index in [4.69, 9.17) is 0 Å². The zero-order valence-corrected chi connectivity index (χ0v) is 8.24. The summed E-state index contributed by atoms with van der Waals surface area (Å²) in [7, 11) is 0. The SMILES string of the molecule is CCCCC.CCCCC.[BeH2].[NaH]. The standard InChI is InChI=1S/2C5H12.Be.Na.3H/c2*1-3-5-4-2;;;;;/h2*3-5H2,1-2H3;;;;;. The number of rotatable bonds is 4. The van der Waals surface area contributed by atoms with Gasteiger partial charge in [0.25, 0.3) is 0 Å². The third-order valence-corrected chi connectivity index (χ3v) is 1.41. The van der Waals surface area contributed by atoms with E-state index in [1.54, 1.807) is 0 Å². The van der Waals surface area contributed by atoms with Crippen molar-refractivity contribution in [3.8, 4) is 0 Å². The molecule has 0 atom stereocenters. The summed E-state index contributed by atoms with van der Waals surface area (Å²) in [5.74, 6) is 0. The van der Waals surface area contributed by atoms with Gasteiger partial charge < -0.3 is 0 Å². The first-order valence-corrected chi connectivity index (χ1v) is 4.83. The van der Waals surface area contributed by atoms with E-state index in [2.05, 4.69) is 27.7 Å². The van der Waals surface area contributed by atoms with E-state index in [1.807, 2.05) is 0 Å². The molecule has 0 fully saturated rings. The third kappa shape index (κ3) is 43.2. The monoisotopic (exact) mass is 179 g/mol. The van der Waals surface area contributed by atoms with Gasteiger partial charge in [-0.3, -0.25) is 0 Å². The Balaban J connectivity index is -0.0000000457. The van der Waals surface area contributed by atoms with Crippen molar-refractivity contribution in [3.63, 3.8) is 0 Å². The van der Waals surface area contributed by atoms with Crippen LogP contribution in [0.15, 0.2) is 0 Å². The molecule has 0 nitrogen and oxygen atoms in total. The zero-order chi connectivity index (χ0) is 8.24. The second-order valence-corrected chi connectivity index (χ2v) is 2.71. The van der Waals surface area contributed by atoms with Crippen LogP contribution in [-0.4, -0.2) is 39.7 Å². The van der Waals surface area contributed by atoms with Gasteiger partial charge in [-0.1, -0.05) is 66.2 Å². The van der Waals surface area contributed by atoms with Crippen molar-refractivity contribution in [2.24, 2.45) is 0 Å². The van der Waals surface area contributed by atoms with Gasteiger partial charge in [-0.05, 0) is 0 Å². The molecule has 0 bridgehead atoms. The molecule has 70 valence electrons. The van der Waals surface area contributed by atoms with Gasteiger partial charge in [0, 0.05) is 0 Å². The van der Waals surface area contributed by atoms with Crippen LogP contribution in [0.5, 0.6) is 0 Å². The minimum absolute atomic E-state index is 0. The van der Waals surface area contributed by atoms with Crippen molar-refractivity contribution in [2.75, 3.05) is 0 Å². The Kier molecular flexibility index (Phi) is 57.1. The van der Waals surface area contributed by atoms with E-state index in [0.29, 0.717) is 0 Å². The van der Waals surface area contributed by atoms with E-state index < -0.39 is 0 Å². The Bertz CT molecular complexity index is 30.8. The molecule has 0 aliphatic rings. The van der Waals surface area contributed by atoms with Crippen molar-refractivity contribution in [1.82, 2.24) is 0 Å². The fourth-order valence-electron chi connectivity index (χ4n) is 0.707. The van der Waals surface area contributed by atoms with Crippen LogP contribution in [0.1, 0.15) is 66.2 Å². The third-order valence-electron chi connectivity index (χ3n) is 1.41. The first-order valence-electron chi connectivity index (χ1n) is 4.83. The topological polar surface area (TPSA) is 0 Å². The fraction of sp³-hybridized carbons (Fsp3) is 1.00. The van der Waals surface area contributed by atoms with Gasteiger partial charge in [0.15, 0.2) is 0 Å². The molecule has 0 aromatic rings. The molecule has 0 N–H and O–H groups in total. The molecule has 0 aromatic heterocycles. The van der Waals surface area contributed by atoms with Crippen LogP contribution in [0.4, 0.5) is 0 Å². The molecular formula is C10H27BeNa. The van der Waals surface area contributed by atoms with Gasteiger partial charge in [0.2, 0.25) is 0 Å². The van der Waals surface area contributed by atoms with Crippen molar-refractivity contribution < 1.29 is 0 Å². The molecule has 12 heavy (non-hydrogen) atoms. The van der Waals surface area contributed by atoms with Crippen LogP contribution < -0.4 is 0 Å². The summed E-state index contributed by atoms with van der Waals surface area (Å²) in [6.45, 7) is 8.85. The molecular weight excluding hydrogens is 152 g/mol. The van der Waals surface area contributed by atoms with Crippen LogP contribution >= 0.6 is 0 Å². The summed E-state index contributed by atoms with van der Waals surface area (Å²) >= 11 is 0. The van der Waals surface area contributed by atoms with Gasteiger partial charge in [0.05, 0.1) is 0 Å². The Morgan fingerprint density at radius 1 is 0.583 bits per heavy atom. The van der Waals surface area contributed by atoms with Crippen molar-refractivity contribution >= 4 is 39.7 Å². The van der Waals surface area contributed by atoms with Gasteiger partial charge in [-0.2, -0.15) is 0 Å². The second-order valence-electron chi connectivity index (χ2n) is 2.71. The minimum atomic E-state index is 0. The van der Waals surface area contributed by atoms with Crippen molar-refractivity contribution in [2.45, 2.75) is 66.2 Å². The Morgan fingerprint density at radius 2 is 0.750 bits per heavy atom. The van der Waals surface area contributed by atoms with E-state index >= 15 is 0 Å². The molecule has 0 amide bonds. The quantitative estimate of drug-likeness (QED) is 0.582. The second kappa shape index (κ2) is 29.5. The molecule has 0 rings (SSSR count). The Labute approximate surface area is 105 Å². The van der Waals surface area contributed by atoms with Crippen LogP contribution in [0.2, 0.25) is 0 Å². The molecule has 0 aliphatic heterocycles. The first kappa shape index (κ1) is 23.2.